The molecule has 19 heavy (non-hydrogen) atoms. The van der Waals surface area contributed by atoms with Gasteiger partial charge in [0.25, 0.3) is 0 Å². The van der Waals surface area contributed by atoms with E-state index in [9.17, 15) is 9.50 Å². The quantitative estimate of drug-likeness (QED) is 0.893. The number of halogens is 1. The Kier molecular flexibility index (Phi) is 4.14. The van der Waals surface area contributed by atoms with E-state index >= 15 is 0 Å². The third-order valence-corrected chi connectivity index (χ3v) is 4.48. The summed E-state index contributed by atoms with van der Waals surface area (Å²) in [5.41, 5.74) is 0.650. The monoisotopic (exact) mass is 266 g/mol. The third kappa shape index (κ3) is 2.92. The minimum atomic E-state index is -0.666. The van der Waals surface area contributed by atoms with Gasteiger partial charge in [-0.1, -0.05) is 26.7 Å². The number of benzene rings is 1. The SMILES string of the molecule is COc1ccc(F)cc1C(O)C1CCCCC1(C)C. The summed E-state index contributed by atoms with van der Waals surface area (Å²) in [6.45, 7) is 4.37. The van der Waals surface area contributed by atoms with Gasteiger partial charge in [-0.3, -0.25) is 0 Å². The summed E-state index contributed by atoms with van der Waals surface area (Å²) in [6.07, 6.45) is 3.75. The normalized spacial score (nSPS) is 23.9. The number of aliphatic hydroxyl groups excluding tert-OH is 1. The molecule has 2 atom stereocenters. The Morgan fingerprint density at radius 3 is 2.74 bits per heavy atom. The van der Waals surface area contributed by atoms with Crippen LogP contribution in [0.25, 0.3) is 0 Å². The van der Waals surface area contributed by atoms with Crippen LogP contribution in [0.1, 0.15) is 51.2 Å². The Morgan fingerprint density at radius 2 is 2.11 bits per heavy atom. The van der Waals surface area contributed by atoms with E-state index in [1.54, 1.807) is 13.2 Å². The second-order valence-corrected chi connectivity index (χ2v) is 6.17. The van der Waals surface area contributed by atoms with Crippen LogP contribution < -0.4 is 4.74 Å². The molecule has 0 saturated heterocycles. The fourth-order valence-corrected chi connectivity index (χ4v) is 3.26. The Labute approximate surface area is 114 Å². The molecule has 0 aliphatic heterocycles. The molecule has 2 nitrogen and oxygen atoms in total. The van der Waals surface area contributed by atoms with Crippen molar-refractivity contribution >= 4 is 0 Å². The molecular weight excluding hydrogens is 243 g/mol. The maximum atomic E-state index is 13.4. The highest BCUT2D eigenvalue weighted by Crippen LogP contribution is 2.48. The maximum Gasteiger partial charge on any atom is 0.124 e. The zero-order valence-corrected chi connectivity index (χ0v) is 11.9. The molecule has 1 aromatic carbocycles. The van der Waals surface area contributed by atoms with Gasteiger partial charge in [-0.2, -0.15) is 0 Å². The van der Waals surface area contributed by atoms with E-state index < -0.39 is 6.10 Å². The molecule has 3 heteroatoms. The predicted molar refractivity (Wildman–Crippen MR) is 73.7 cm³/mol. The standard InChI is InChI=1S/C16H23FO2/c1-16(2)9-5-4-6-13(16)15(18)12-10-11(17)7-8-14(12)19-3/h7-8,10,13,15,18H,4-6,9H2,1-3H3. The molecule has 1 saturated carbocycles. The Bertz CT molecular complexity index is 442. The summed E-state index contributed by atoms with van der Waals surface area (Å²) < 4.78 is 18.7. The minimum absolute atomic E-state index is 0.0784. The van der Waals surface area contributed by atoms with E-state index in [0.717, 1.165) is 19.3 Å². The summed E-state index contributed by atoms with van der Waals surface area (Å²) in [5, 5.41) is 10.7. The molecule has 1 N–H and O–H groups in total. The number of hydrogen-bond donors (Lipinski definition) is 1. The molecule has 1 aliphatic carbocycles. The van der Waals surface area contributed by atoms with Crippen LogP contribution in [-0.2, 0) is 0 Å². The predicted octanol–water partition coefficient (Wildman–Crippen LogP) is 4.08. The average Bonchev–Trinajstić information content (AvgIpc) is 2.37. The molecule has 2 unspecified atom stereocenters. The molecule has 0 bridgehead atoms. The highest BCUT2D eigenvalue weighted by molar-refractivity contribution is 5.36. The summed E-state index contributed by atoms with van der Waals surface area (Å²) in [5.74, 6) is 0.385. The molecule has 0 amide bonds. The Hall–Kier alpha value is -1.09. The van der Waals surface area contributed by atoms with Crippen molar-refractivity contribution in [2.24, 2.45) is 11.3 Å². The number of hydrogen-bond acceptors (Lipinski definition) is 2. The summed E-state index contributed by atoms with van der Waals surface area (Å²) in [7, 11) is 1.55. The van der Waals surface area contributed by atoms with Gasteiger partial charge in [0.1, 0.15) is 11.6 Å². The Morgan fingerprint density at radius 1 is 1.37 bits per heavy atom. The summed E-state index contributed by atoms with van der Waals surface area (Å²) in [4.78, 5) is 0. The number of aliphatic hydroxyl groups is 1. The lowest BCUT2D eigenvalue weighted by atomic mass is 9.65. The largest absolute Gasteiger partial charge is 0.496 e. The third-order valence-electron chi connectivity index (χ3n) is 4.48. The fourth-order valence-electron chi connectivity index (χ4n) is 3.26. The van der Waals surface area contributed by atoms with Crippen molar-refractivity contribution in [2.45, 2.75) is 45.6 Å². The number of methoxy groups -OCH3 is 1. The molecule has 0 heterocycles. The van der Waals surface area contributed by atoms with Crippen LogP contribution in [0.2, 0.25) is 0 Å². The average molecular weight is 266 g/mol. The lowest BCUT2D eigenvalue weighted by Crippen LogP contribution is -2.32. The zero-order chi connectivity index (χ0) is 14.0. The molecule has 1 aromatic rings. The van der Waals surface area contributed by atoms with Gasteiger partial charge in [0.05, 0.1) is 13.2 Å². The molecule has 0 spiro atoms. The van der Waals surface area contributed by atoms with E-state index in [1.807, 2.05) is 0 Å². The molecule has 0 radical (unpaired) electrons. The fraction of sp³-hybridized carbons (Fsp3) is 0.625. The van der Waals surface area contributed by atoms with Crippen LogP contribution in [0.5, 0.6) is 5.75 Å². The molecule has 1 aliphatic rings. The highest BCUT2D eigenvalue weighted by Gasteiger charge is 2.38. The Balaban J connectivity index is 2.32. The number of ether oxygens (including phenoxy) is 1. The van der Waals surface area contributed by atoms with Gasteiger partial charge in [-0.05, 0) is 42.4 Å². The van der Waals surface area contributed by atoms with Crippen molar-refractivity contribution in [3.63, 3.8) is 0 Å². The first-order chi connectivity index (χ1) is 8.95. The molecule has 106 valence electrons. The second kappa shape index (κ2) is 5.49. The van der Waals surface area contributed by atoms with Crippen molar-refractivity contribution in [3.05, 3.63) is 29.6 Å². The maximum absolute atomic E-state index is 13.4. The van der Waals surface area contributed by atoms with Crippen LogP contribution in [0, 0.1) is 17.2 Å². The smallest absolute Gasteiger partial charge is 0.124 e. The zero-order valence-electron chi connectivity index (χ0n) is 11.9. The second-order valence-electron chi connectivity index (χ2n) is 6.17. The van der Waals surface area contributed by atoms with Crippen LogP contribution in [0.15, 0.2) is 18.2 Å². The van der Waals surface area contributed by atoms with E-state index in [4.69, 9.17) is 4.74 Å². The summed E-state index contributed by atoms with van der Waals surface area (Å²) in [6, 6.07) is 4.35. The minimum Gasteiger partial charge on any atom is -0.496 e. The summed E-state index contributed by atoms with van der Waals surface area (Å²) >= 11 is 0. The van der Waals surface area contributed by atoms with Gasteiger partial charge in [0, 0.05) is 5.56 Å². The van der Waals surface area contributed by atoms with Crippen molar-refractivity contribution in [1.29, 1.82) is 0 Å². The van der Waals surface area contributed by atoms with Gasteiger partial charge < -0.3 is 9.84 Å². The van der Waals surface area contributed by atoms with Crippen LogP contribution in [0.3, 0.4) is 0 Å². The molecule has 1 fully saturated rings. The lowest BCUT2D eigenvalue weighted by Gasteiger charge is -2.41. The molecule has 2 rings (SSSR count). The number of rotatable bonds is 3. The van der Waals surface area contributed by atoms with Crippen molar-refractivity contribution in [2.75, 3.05) is 7.11 Å². The molecule has 0 aromatic heterocycles. The van der Waals surface area contributed by atoms with Gasteiger partial charge in [-0.15, -0.1) is 0 Å². The topological polar surface area (TPSA) is 29.5 Å². The van der Waals surface area contributed by atoms with Gasteiger partial charge in [0.15, 0.2) is 0 Å². The van der Waals surface area contributed by atoms with E-state index in [2.05, 4.69) is 13.8 Å². The van der Waals surface area contributed by atoms with Crippen LogP contribution in [-0.4, -0.2) is 12.2 Å². The molecular formula is C16H23FO2. The van der Waals surface area contributed by atoms with E-state index in [0.29, 0.717) is 11.3 Å². The van der Waals surface area contributed by atoms with Gasteiger partial charge in [-0.25, -0.2) is 4.39 Å². The van der Waals surface area contributed by atoms with Crippen LogP contribution >= 0.6 is 0 Å². The highest BCUT2D eigenvalue weighted by atomic mass is 19.1. The van der Waals surface area contributed by atoms with Crippen LogP contribution in [0.4, 0.5) is 4.39 Å². The van der Waals surface area contributed by atoms with Gasteiger partial charge >= 0.3 is 0 Å². The van der Waals surface area contributed by atoms with Crippen molar-refractivity contribution < 1.29 is 14.2 Å². The van der Waals surface area contributed by atoms with Gasteiger partial charge in [0.2, 0.25) is 0 Å². The lowest BCUT2D eigenvalue weighted by molar-refractivity contribution is 0.00252. The van der Waals surface area contributed by atoms with E-state index in [-0.39, 0.29) is 17.2 Å². The first-order valence-corrected chi connectivity index (χ1v) is 6.97. The van der Waals surface area contributed by atoms with E-state index in [1.165, 1.54) is 18.6 Å². The first kappa shape index (κ1) is 14.3. The first-order valence-electron chi connectivity index (χ1n) is 6.97. The van der Waals surface area contributed by atoms with Crippen molar-refractivity contribution in [3.8, 4) is 5.75 Å². The van der Waals surface area contributed by atoms with Crippen molar-refractivity contribution in [1.82, 2.24) is 0 Å².